The third-order valence-electron chi connectivity index (χ3n) is 3.46. The molecule has 18 heavy (non-hydrogen) atoms. The maximum atomic E-state index is 12.0. The molecular weight excluding hydrogens is 252 g/mol. The Bertz CT molecular complexity index is 770. The fraction of sp³-hybridized carbons (Fsp3) is 0.417. The normalized spacial score (nSPS) is 22.6. The first-order valence-corrected chi connectivity index (χ1v) is 7.63. The van der Waals surface area contributed by atoms with Crippen molar-refractivity contribution < 1.29 is 8.42 Å². The zero-order valence-electron chi connectivity index (χ0n) is 10.0. The van der Waals surface area contributed by atoms with Gasteiger partial charge in [0, 0.05) is 0 Å². The number of fused-ring (bicyclic) bond motifs is 1. The molecule has 0 spiro atoms. The van der Waals surface area contributed by atoms with Gasteiger partial charge < -0.3 is 4.98 Å². The van der Waals surface area contributed by atoms with Crippen LogP contribution in [0.2, 0.25) is 0 Å². The van der Waals surface area contributed by atoms with Crippen LogP contribution in [-0.4, -0.2) is 23.7 Å². The van der Waals surface area contributed by atoms with Crippen molar-refractivity contribution in [2.24, 2.45) is 0 Å². The first-order valence-electron chi connectivity index (χ1n) is 5.91. The lowest BCUT2D eigenvalue weighted by Gasteiger charge is -2.11. The molecule has 1 fully saturated rings. The van der Waals surface area contributed by atoms with Crippen LogP contribution in [0, 0.1) is 6.92 Å². The molecule has 2 heterocycles. The highest BCUT2D eigenvalue weighted by atomic mass is 32.2. The van der Waals surface area contributed by atoms with Crippen LogP contribution < -0.4 is 5.69 Å². The van der Waals surface area contributed by atoms with E-state index in [9.17, 15) is 13.2 Å². The molecule has 1 aromatic carbocycles. The summed E-state index contributed by atoms with van der Waals surface area (Å²) < 4.78 is 25.3. The van der Waals surface area contributed by atoms with E-state index in [2.05, 4.69) is 4.98 Å². The lowest BCUT2D eigenvalue weighted by molar-refractivity contribution is 0.556. The standard InChI is InChI=1S/C12H14N2O3S/c1-8-4-5-9-10(7-8)14(12(15)13-9)11-3-2-6-18(11,16)17/h4-5,7,11H,2-3,6H2,1H3,(H,13,15). The van der Waals surface area contributed by atoms with Crippen LogP contribution in [0.3, 0.4) is 0 Å². The van der Waals surface area contributed by atoms with Crippen molar-refractivity contribution in [2.45, 2.75) is 25.1 Å². The van der Waals surface area contributed by atoms with Crippen LogP contribution in [0.5, 0.6) is 0 Å². The molecular formula is C12H14N2O3S. The second kappa shape index (κ2) is 3.71. The Hall–Kier alpha value is -1.56. The van der Waals surface area contributed by atoms with Crippen molar-refractivity contribution in [3.63, 3.8) is 0 Å². The Morgan fingerprint density at radius 1 is 1.39 bits per heavy atom. The molecule has 0 amide bonds. The topological polar surface area (TPSA) is 71.9 Å². The van der Waals surface area contributed by atoms with Crippen LogP contribution in [0.1, 0.15) is 23.8 Å². The van der Waals surface area contributed by atoms with Gasteiger partial charge in [0.05, 0.1) is 16.8 Å². The molecule has 0 radical (unpaired) electrons. The number of nitrogens with one attached hydrogen (secondary N) is 1. The summed E-state index contributed by atoms with van der Waals surface area (Å²) in [5, 5.41) is -0.708. The summed E-state index contributed by atoms with van der Waals surface area (Å²) in [5.74, 6) is 0.169. The van der Waals surface area contributed by atoms with Crippen molar-refractivity contribution in [3.05, 3.63) is 34.2 Å². The smallest absolute Gasteiger partial charge is 0.306 e. The maximum Gasteiger partial charge on any atom is 0.327 e. The molecule has 2 aromatic rings. The van der Waals surface area contributed by atoms with Crippen molar-refractivity contribution in [3.8, 4) is 0 Å². The van der Waals surface area contributed by atoms with Crippen molar-refractivity contribution in [1.82, 2.24) is 9.55 Å². The molecule has 1 aromatic heterocycles. The average molecular weight is 266 g/mol. The molecule has 0 bridgehead atoms. The van der Waals surface area contributed by atoms with E-state index in [1.165, 1.54) is 4.57 Å². The van der Waals surface area contributed by atoms with E-state index in [1.54, 1.807) is 0 Å². The number of aromatic nitrogens is 2. The third kappa shape index (κ3) is 1.59. The summed E-state index contributed by atoms with van der Waals surface area (Å²) >= 11 is 0. The Balaban J connectivity index is 2.32. The summed E-state index contributed by atoms with van der Waals surface area (Å²) in [6.45, 7) is 1.92. The molecule has 96 valence electrons. The minimum absolute atomic E-state index is 0.169. The molecule has 0 saturated carbocycles. The van der Waals surface area contributed by atoms with Crippen LogP contribution in [0.15, 0.2) is 23.0 Å². The molecule has 0 aliphatic carbocycles. The Kier molecular flexibility index (Phi) is 2.38. The van der Waals surface area contributed by atoms with Gasteiger partial charge in [-0.2, -0.15) is 0 Å². The van der Waals surface area contributed by atoms with E-state index in [0.29, 0.717) is 23.9 Å². The number of benzene rings is 1. The van der Waals surface area contributed by atoms with Gasteiger partial charge in [-0.15, -0.1) is 0 Å². The van der Waals surface area contributed by atoms with E-state index in [-0.39, 0.29) is 11.4 Å². The van der Waals surface area contributed by atoms with Crippen LogP contribution in [0.25, 0.3) is 11.0 Å². The minimum atomic E-state index is -3.19. The van der Waals surface area contributed by atoms with E-state index < -0.39 is 15.2 Å². The van der Waals surface area contributed by atoms with Crippen molar-refractivity contribution >= 4 is 20.9 Å². The number of sulfone groups is 1. The fourth-order valence-corrected chi connectivity index (χ4v) is 4.48. The predicted molar refractivity (Wildman–Crippen MR) is 69.4 cm³/mol. The molecule has 1 unspecified atom stereocenters. The number of nitrogens with zero attached hydrogens (tertiary/aromatic N) is 1. The quantitative estimate of drug-likeness (QED) is 0.846. The average Bonchev–Trinajstić information content (AvgIpc) is 2.77. The molecule has 1 N–H and O–H groups in total. The summed E-state index contributed by atoms with van der Waals surface area (Å²) in [6, 6.07) is 5.55. The molecule has 6 heteroatoms. The van der Waals surface area contributed by atoms with Crippen LogP contribution in [0.4, 0.5) is 0 Å². The zero-order valence-corrected chi connectivity index (χ0v) is 10.8. The second-order valence-electron chi connectivity index (χ2n) is 4.78. The molecule has 1 saturated heterocycles. The lowest BCUT2D eigenvalue weighted by Crippen LogP contribution is -2.25. The second-order valence-corrected chi connectivity index (χ2v) is 7.06. The summed E-state index contributed by atoms with van der Waals surface area (Å²) in [4.78, 5) is 14.7. The zero-order chi connectivity index (χ0) is 12.9. The van der Waals surface area contributed by atoms with Crippen molar-refractivity contribution in [2.75, 3.05) is 5.75 Å². The number of hydrogen-bond acceptors (Lipinski definition) is 3. The summed E-state index contributed by atoms with van der Waals surface area (Å²) in [7, 11) is -3.19. The van der Waals surface area contributed by atoms with Gasteiger partial charge in [0.1, 0.15) is 5.37 Å². The molecule has 3 rings (SSSR count). The minimum Gasteiger partial charge on any atom is -0.306 e. The SMILES string of the molecule is Cc1ccc2[nH]c(=O)n(C3CCCS3(=O)=O)c2c1. The highest BCUT2D eigenvalue weighted by Gasteiger charge is 2.34. The highest BCUT2D eigenvalue weighted by molar-refractivity contribution is 7.91. The fourth-order valence-electron chi connectivity index (χ4n) is 2.58. The lowest BCUT2D eigenvalue weighted by atomic mass is 10.2. The van der Waals surface area contributed by atoms with E-state index >= 15 is 0 Å². The number of H-pyrrole nitrogens is 1. The monoisotopic (exact) mass is 266 g/mol. The molecule has 1 aliphatic rings. The van der Waals surface area contributed by atoms with Gasteiger partial charge in [0.25, 0.3) is 0 Å². The van der Waals surface area contributed by atoms with Crippen LogP contribution in [-0.2, 0) is 9.84 Å². The Morgan fingerprint density at radius 2 is 2.17 bits per heavy atom. The number of rotatable bonds is 1. The summed E-state index contributed by atoms with van der Waals surface area (Å²) in [5.41, 5.74) is 2.03. The van der Waals surface area contributed by atoms with Gasteiger partial charge >= 0.3 is 5.69 Å². The maximum absolute atomic E-state index is 12.0. The van der Waals surface area contributed by atoms with E-state index in [1.807, 2.05) is 25.1 Å². The summed E-state index contributed by atoms with van der Waals surface area (Å²) in [6.07, 6.45) is 1.14. The predicted octanol–water partition coefficient (Wildman–Crippen LogP) is 1.35. The molecule has 1 aliphatic heterocycles. The Labute approximate surface area is 104 Å². The van der Waals surface area contributed by atoms with Gasteiger partial charge in [-0.25, -0.2) is 13.2 Å². The largest absolute Gasteiger partial charge is 0.327 e. The van der Waals surface area contributed by atoms with Gasteiger partial charge in [0.2, 0.25) is 0 Å². The number of hydrogen-bond donors (Lipinski definition) is 1. The Morgan fingerprint density at radius 3 is 2.83 bits per heavy atom. The highest BCUT2D eigenvalue weighted by Crippen LogP contribution is 2.31. The first kappa shape index (κ1) is 11.5. The van der Waals surface area contributed by atoms with Gasteiger partial charge in [-0.1, -0.05) is 6.07 Å². The molecule has 1 atom stereocenters. The van der Waals surface area contributed by atoms with Gasteiger partial charge in [-0.05, 0) is 37.5 Å². The number of imidazole rings is 1. The van der Waals surface area contributed by atoms with Gasteiger partial charge in [-0.3, -0.25) is 4.57 Å². The van der Waals surface area contributed by atoms with Crippen molar-refractivity contribution in [1.29, 1.82) is 0 Å². The number of aromatic amines is 1. The van der Waals surface area contributed by atoms with Gasteiger partial charge in [0.15, 0.2) is 9.84 Å². The third-order valence-corrected chi connectivity index (χ3v) is 5.59. The van der Waals surface area contributed by atoms with Crippen LogP contribution >= 0.6 is 0 Å². The molecule has 5 nitrogen and oxygen atoms in total. The van der Waals surface area contributed by atoms with E-state index in [4.69, 9.17) is 0 Å². The first-order chi connectivity index (χ1) is 8.49. The van der Waals surface area contributed by atoms with E-state index in [0.717, 1.165) is 5.56 Å². The number of aryl methyl sites for hydroxylation is 1.